The Kier molecular flexibility index (Phi) is 8.10. The second-order valence-electron chi connectivity index (χ2n) is 5.73. The first-order chi connectivity index (χ1) is 11.7. The van der Waals surface area contributed by atoms with Crippen LogP contribution in [0.5, 0.6) is 5.75 Å². The molecule has 0 aliphatic heterocycles. The second kappa shape index (κ2) is 10.3. The number of nitrogens with one attached hydrogen (secondary N) is 1. The normalized spacial score (nSPS) is 11.0. The lowest BCUT2D eigenvalue weighted by atomic mass is 10.2. The third-order valence-electron chi connectivity index (χ3n) is 4.07. The fourth-order valence-corrected chi connectivity index (χ4v) is 2.76. The number of rotatable bonds is 10. The molecule has 2 aromatic carbocycles. The minimum absolute atomic E-state index is 0.564. The van der Waals surface area contributed by atoms with Crippen molar-refractivity contribution in [1.82, 2.24) is 10.2 Å². The molecular weight excluding hydrogens is 320 g/mol. The summed E-state index contributed by atoms with van der Waals surface area (Å²) in [6, 6.07) is 16.0. The molecule has 0 aliphatic rings. The van der Waals surface area contributed by atoms with Gasteiger partial charge in [0.25, 0.3) is 0 Å². The van der Waals surface area contributed by atoms with Crippen LogP contribution in [0.1, 0.15) is 25.0 Å². The average molecular weight is 347 g/mol. The Hall–Kier alpha value is -1.55. The summed E-state index contributed by atoms with van der Waals surface area (Å²) in [5.41, 5.74) is 2.26. The number of benzene rings is 2. The van der Waals surface area contributed by atoms with Gasteiger partial charge >= 0.3 is 0 Å². The maximum atomic E-state index is 6.15. The fourth-order valence-electron chi connectivity index (χ4n) is 2.56. The van der Waals surface area contributed by atoms with Gasteiger partial charge in [-0.25, -0.2) is 0 Å². The van der Waals surface area contributed by atoms with E-state index >= 15 is 0 Å². The van der Waals surface area contributed by atoms with Crippen molar-refractivity contribution in [2.24, 2.45) is 0 Å². The molecule has 0 bridgehead atoms. The van der Waals surface area contributed by atoms with E-state index in [1.807, 2.05) is 36.4 Å². The number of hydrogen-bond donors (Lipinski definition) is 1. The van der Waals surface area contributed by atoms with Crippen LogP contribution in [0.15, 0.2) is 48.5 Å². The van der Waals surface area contributed by atoms with Crippen molar-refractivity contribution >= 4 is 11.6 Å². The summed E-state index contributed by atoms with van der Waals surface area (Å²) in [5, 5.41) is 4.22. The minimum Gasteiger partial charge on any atom is -0.489 e. The third-order valence-corrected chi connectivity index (χ3v) is 4.31. The van der Waals surface area contributed by atoms with Crippen LogP contribution in [0.2, 0.25) is 5.02 Å². The van der Waals surface area contributed by atoms with Gasteiger partial charge < -0.3 is 15.0 Å². The molecule has 24 heavy (non-hydrogen) atoms. The first-order valence-corrected chi connectivity index (χ1v) is 8.99. The van der Waals surface area contributed by atoms with Crippen LogP contribution < -0.4 is 10.1 Å². The van der Waals surface area contributed by atoms with E-state index in [1.165, 1.54) is 0 Å². The number of likely N-dealkylation sites (N-methyl/N-ethyl adjacent to an activating group) is 1. The van der Waals surface area contributed by atoms with E-state index < -0.39 is 0 Å². The largest absolute Gasteiger partial charge is 0.489 e. The molecule has 1 N–H and O–H groups in total. The van der Waals surface area contributed by atoms with Crippen molar-refractivity contribution < 1.29 is 4.74 Å². The zero-order valence-corrected chi connectivity index (χ0v) is 15.4. The summed E-state index contributed by atoms with van der Waals surface area (Å²) >= 11 is 6.15. The van der Waals surface area contributed by atoms with E-state index in [0.717, 1.165) is 54.6 Å². The molecule has 0 fully saturated rings. The Morgan fingerprint density at radius 1 is 1.04 bits per heavy atom. The highest BCUT2D eigenvalue weighted by Gasteiger charge is 2.06. The molecule has 2 rings (SSSR count). The smallest absolute Gasteiger partial charge is 0.124 e. The maximum Gasteiger partial charge on any atom is 0.124 e. The molecule has 0 radical (unpaired) electrons. The molecule has 0 atom stereocenters. The van der Waals surface area contributed by atoms with Crippen LogP contribution in [0, 0.1) is 0 Å². The van der Waals surface area contributed by atoms with E-state index in [4.69, 9.17) is 16.3 Å². The van der Waals surface area contributed by atoms with Crippen LogP contribution >= 0.6 is 11.6 Å². The standard InChI is InChI=1S/C20H27ClN2O/c1-3-23(4-2)13-12-22-15-18-14-19(21)10-11-20(18)24-16-17-8-6-5-7-9-17/h5-11,14,22H,3-4,12-13,15-16H2,1-2H3. The van der Waals surface area contributed by atoms with Crippen LogP contribution in [0.25, 0.3) is 0 Å². The van der Waals surface area contributed by atoms with Crippen molar-refractivity contribution in [3.05, 3.63) is 64.7 Å². The zero-order valence-electron chi connectivity index (χ0n) is 14.6. The lowest BCUT2D eigenvalue weighted by Gasteiger charge is -2.18. The Morgan fingerprint density at radius 3 is 2.50 bits per heavy atom. The second-order valence-corrected chi connectivity index (χ2v) is 6.17. The zero-order chi connectivity index (χ0) is 17.2. The first-order valence-electron chi connectivity index (χ1n) is 8.61. The van der Waals surface area contributed by atoms with Gasteiger partial charge in [-0.05, 0) is 36.9 Å². The lowest BCUT2D eigenvalue weighted by molar-refractivity contribution is 0.296. The van der Waals surface area contributed by atoms with Crippen molar-refractivity contribution in [1.29, 1.82) is 0 Å². The first kappa shape index (κ1) is 18.8. The van der Waals surface area contributed by atoms with Crippen LogP contribution in [0.3, 0.4) is 0 Å². The van der Waals surface area contributed by atoms with Gasteiger partial charge in [0.15, 0.2) is 0 Å². The molecule has 130 valence electrons. The van der Waals surface area contributed by atoms with Gasteiger partial charge in [0, 0.05) is 30.2 Å². The number of ether oxygens (including phenoxy) is 1. The van der Waals surface area contributed by atoms with Gasteiger partial charge in [-0.15, -0.1) is 0 Å². The van der Waals surface area contributed by atoms with Gasteiger partial charge in [-0.2, -0.15) is 0 Å². The summed E-state index contributed by atoms with van der Waals surface area (Å²) in [6.07, 6.45) is 0. The van der Waals surface area contributed by atoms with Crippen LogP contribution in [-0.2, 0) is 13.2 Å². The monoisotopic (exact) mass is 346 g/mol. The molecular formula is C20H27ClN2O. The summed E-state index contributed by atoms with van der Waals surface area (Å²) < 4.78 is 5.99. The molecule has 0 spiro atoms. The van der Waals surface area contributed by atoms with Crippen molar-refractivity contribution in [3.8, 4) is 5.75 Å². The predicted molar refractivity (Wildman–Crippen MR) is 102 cm³/mol. The Balaban J connectivity index is 1.90. The SMILES string of the molecule is CCN(CC)CCNCc1cc(Cl)ccc1OCc1ccccc1. The van der Waals surface area contributed by atoms with E-state index in [-0.39, 0.29) is 0 Å². The molecule has 2 aromatic rings. The Morgan fingerprint density at radius 2 is 1.79 bits per heavy atom. The Labute approximate surface area is 150 Å². The quantitative estimate of drug-likeness (QED) is 0.647. The van der Waals surface area contributed by atoms with E-state index in [1.54, 1.807) is 0 Å². The molecule has 0 aromatic heterocycles. The molecule has 0 saturated heterocycles. The van der Waals surface area contributed by atoms with E-state index in [2.05, 4.69) is 36.2 Å². The highest BCUT2D eigenvalue weighted by molar-refractivity contribution is 6.30. The number of nitrogens with zero attached hydrogens (tertiary/aromatic N) is 1. The highest BCUT2D eigenvalue weighted by Crippen LogP contribution is 2.23. The molecule has 4 heteroatoms. The topological polar surface area (TPSA) is 24.5 Å². The van der Waals surface area contributed by atoms with Crippen LogP contribution in [0.4, 0.5) is 0 Å². The number of halogens is 1. The van der Waals surface area contributed by atoms with Crippen LogP contribution in [-0.4, -0.2) is 31.1 Å². The van der Waals surface area contributed by atoms with Gasteiger partial charge in [-0.1, -0.05) is 55.8 Å². The summed E-state index contributed by atoms with van der Waals surface area (Å²) in [6.45, 7) is 9.87. The van der Waals surface area contributed by atoms with E-state index in [9.17, 15) is 0 Å². The highest BCUT2D eigenvalue weighted by atomic mass is 35.5. The average Bonchev–Trinajstić information content (AvgIpc) is 2.62. The van der Waals surface area contributed by atoms with Crippen molar-refractivity contribution in [2.75, 3.05) is 26.2 Å². The summed E-state index contributed by atoms with van der Waals surface area (Å²) in [5.74, 6) is 0.888. The lowest BCUT2D eigenvalue weighted by Crippen LogP contribution is -2.31. The number of hydrogen-bond acceptors (Lipinski definition) is 3. The van der Waals surface area contributed by atoms with Crippen molar-refractivity contribution in [2.45, 2.75) is 27.0 Å². The van der Waals surface area contributed by atoms with Gasteiger partial charge in [0.05, 0.1) is 0 Å². The molecule has 0 saturated carbocycles. The summed E-state index contributed by atoms with van der Waals surface area (Å²) in [4.78, 5) is 2.40. The molecule has 0 unspecified atom stereocenters. The molecule has 0 amide bonds. The predicted octanol–water partition coefficient (Wildman–Crippen LogP) is 4.35. The third kappa shape index (κ3) is 6.16. The van der Waals surface area contributed by atoms with Gasteiger partial charge in [-0.3, -0.25) is 0 Å². The van der Waals surface area contributed by atoms with Gasteiger partial charge in [0.1, 0.15) is 12.4 Å². The molecule has 0 aliphatic carbocycles. The summed E-state index contributed by atoms with van der Waals surface area (Å²) in [7, 11) is 0. The molecule has 0 heterocycles. The van der Waals surface area contributed by atoms with Gasteiger partial charge in [0.2, 0.25) is 0 Å². The van der Waals surface area contributed by atoms with E-state index in [0.29, 0.717) is 6.61 Å². The maximum absolute atomic E-state index is 6.15. The van der Waals surface area contributed by atoms with Crippen molar-refractivity contribution in [3.63, 3.8) is 0 Å². The Bertz CT molecular complexity index is 600. The fraction of sp³-hybridized carbons (Fsp3) is 0.400. The molecule has 3 nitrogen and oxygen atoms in total. The minimum atomic E-state index is 0.564.